The predicted octanol–water partition coefficient (Wildman–Crippen LogP) is 9.24. The zero-order valence-electron chi connectivity index (χ0n) is 32.0. The second kappa shape index (κ2) is 19.1. The van der Waals surface area contributed by atoms with Crippen LogP contribution < -0.4 is 24.8 Å². The van der Waals surface area contributed by atoms with Crippen molar-refractivity contribution in [1.82, 2.24) is 0 Å². The van der Waals surface area contributed by atoms with Gasteiger partial charge in [-0.1, -0.05) is 134 Å². The van der Waals surface area contributed by atoms with Crippen molar-refractivity contribution in [2.45, 2.75) is 33.1 Å². The van der Waals surface area contributed by atoms with Crippen LogP contribution in [-0.2, 0) is 38.7 Å². The van der Waals surface area contributed by atoms with Gasteiger partial charge in [0.05, 0.1) is 0 Å². The number of aryl methyl sites for hydroxylation is 2. The molecule has 280 valence electrons. The molecule has 0 saturated heterocycles. The molecule has 0 unspecified atom stereocenters. The van der Waals surface area contributed by atoms with Crippen LogP contribution in [-0.4, -0.2) is 0 Å². The predicted molar refractivity (Wildman–Crippen MR) is 234 cm³/mol. The van der Waals surface area contributed by atoms with E-state index in [1.807, 2.05) is 0 Å². The summed E-state index contributed by atoms with van der Waals surface area (Å²) >= 11 is 0. The Kier molecular flexibility index (Phi) is 14.5. The number of hydrogen-bond donors (Lipinski definition) is 0. The van der Waals surface area contributed by atoms with E-state index in [0.717, 1.165) is 19.3 Å². The van der Waals surface area contributed by atoms with Crippen molar-refractivity contribution in [3.05, 3.63) is 195 Å². The summed E-state index contributed by atoms with van der Waals surface area (Å²) in [4.78, 5) is 0. The maximum absolute atomic E-state index is 3.38. The van der Waals surface area contributed by atoms with Gasteiger partial charge in [-0.15, -0.1) is 69.1 Å². The average Bonchev–Trinajstić information content (AvgIpc) is 3.84. The van der Waals surface area contributed by atoms with E-state index in [4.69, 9.17) is 0 Å². The van der Waals surface area contributed by atoms with Gasteiger partial charge < -0.3 is 45.1 Å². The number of halogens is 2. The van der Waals surface area contributed by atoms with Crippen molar-refractivity contribution >= 4 is 64.6 Å². The van der Waals surface area contributed by atoms with E-state index >= 15 is 0 Å². The van der Waals surface area contributed by atoms with Crippen LogP contribution in [0.25, 0.3) is 86.9 Å². The van der Waals surface area contributed by atoms with E-state index in [-0.39, 0.29) is 50.7 Å². The first kappa shape index (κ1) is 42.6. The van der Waals surface area contributed by atoms with Crippen molar-refractivity contribution in [2.24, 2.45) is 0 Å². The van der Waals surface area contributed by atoms with E-state index in [9.17, 15) is 0 Å². The van der Waals surface area contributed by atoms with Crippen LogP contribution in [0.5, 0.6) is 0 Å². The third-order valence-corrected chi connectivity index (χ3v) is 10.5. The first-order chi connectivity index (χ1) is 26.1. The molecule has 0 atom stereocenters. The van der Waals surface area contributed by atoms with Crippen LogP contribution in [0.2, 0.25) is 0 Å². The molecule has 0 radical (unpaired) electrons. The molecule has 0 aliphatic carbocycles. The van der Waals surface area contributed by atoms with Gasteiger partial charge in [0.1, 0.15) is 0 Å². The second-order valence-corrected chi connectivity index (χ2v) is 13.8. The van der Waals surface area contributed by atoms with Crippen molar-refractivity contribution in [3.63, 3.8) is 0 Å². The van der Waals surface area contributed by atoms with Crippen LogP contribution in [0, 0.1) is 13.8 Å². The first-order valence-electron chi connectivity index (χ1n) is 18.9. The molecular formula is C53H44Cl2Hf-6. The smallest absolute Gasteiger partial charge is 0 e. The van der Waals surface area contributed by atoms with Crippen LogP contribution in [0.1, 0.15) is 31.4 Å². The fourth-order valence-corrected chi connectivity index (χ4v) is 8.05. The Morgan fingerprint density at radius 3 is 1.00 bits per heavy atom. The Bertz CT molecular complexity index is 2570. The Labute approximate surface area is 362 Å². The van der Waals surface area contributed by atoms with Gasteiger partial charge in [0.15, 0.2) is 0 Å². The van der Waals surface area contributed by atoms with Gasteiger partial charge in [-0.2, -0.15) is 12.1 Å². The number of fused-ring (bicyclic) bond motifs is 6. The van der Waals surface area contributed by atoms with Gasteiger partial charge in [0.25, 0.3) is 0 Å². The molecule has 10 aromatic rings. The summed E-state index contributed by atoms with van der Waals surface area (Å²) in [6.45, 7) is 11.2. The van der Waals surface area contributed by atoms with Crippen molar-refractivity contribution in [3.8, 4) is 22.3 Å². The van der Waals surface area contributed by atoms with E-state index in [2.05, 4.69) is 198 Å². The molecule has 0 spiro atoms. The zero-order chi connectivity index (χ0) is 36.3. The van der Waals surface area contributed by atoms with Gasteiger partial charge in [-0.3, -0.25) is 0 Å². The summed E-state index contributed by atoms with van der Waals surface area (Å²) in [6, 6.07) is 62.3. The third kappa shape index (κ3) is 8.14. The van der Waals surface area contributed by atoms with Gasteiger partial charge in [0, 0.05) is 25.8 Å². The summed E-state index contributed by atoms with van der Waals surface area (Å²) in [5, 5.41) is 15.9. The van der Waals surface area contributed by atoms with Crippen LogP contribution in [0.3, 0.4) is 0 Å². The Hall–Kier alpha value is -4.53. The molecule has 0 N–H and O–H groups in total. The fourth-order valence-electron chi connectivity index (χ4n) is 8.05. The molecule has 0 bridgehead atoms. The Morgan fingerprint density at radius 1 is 0.393 bits per heavy atom. The minimum absolute atomic E-state index is 0. The molecule has 0 aromatic heterocycles. The van der Waals surface area contributed by atoms with Crippen LogP contribution in [0.4, 0.5) is 0 Å². The maximum atomic E-state index is 3.38. The van der Waals surface area contributed by atoms with Crippen molar-refractivity contribution < 1.29 is 50.7 Å². The number of rotatable bonds is 4. The van der Waals surface area contributed by atoms with Crippen molar-refractivity contribution in [1.29, 1.82) is 0 Å². The number of hydrogen-bond acceptors (Lipinski definition) is 0. The average molecular weight is 930 g/mol. The van der Waals surface area contributed by atoms with Gasteiger partial charge in [-0.05, 0) is 79.2 Å². The van der Waals surface area contributed by atoms with E-state index < -0.39 is 0 Å². The number of benzene rings is 8. The van der Waals surface area contributed by atoms with E-state index in [1.165, 1.54) is 98.0 Å². The molecule has 10 rings (SSSR count). The molecule has 0 amide bonds. The molecule has 0 fully saturated rings. The monoisotopic (exact) mass is 930 g/mol. The zero-order valence-corrected chi connectivity index (χ0v) is 37.1. The molecule has 10 aromatic carbocycles. The summed E-state index contributed by atoms with van der Waals surface area (Å²) in [5.41, 5.74) is 8.20. The van der Waals surface area contributed by atoms with Crippen molar-refractivity contribution in [2.75, 3.05) is 0 Å². The maximum Gasteiger partial charge on any atom is 0 e. The van der Waals surface area contributed by atoms with E-state index in [1.54, 1.807) is 0 Å². The summed E-state index contributed by atoms with van der Waals surface area (Å²) in [5.74, 6) is 0. The van der Waals surface area contributed by atoms with Crippen LogP contribution in [0.15, 0.2) is 170 Å². The standard InChI is InChI=1S/2C25H19.C3H6.2ClH.Hf/c2*1-2-17-14-18-10-7-13-23(24(18)15-17)25-21-11-5-3-8-19(21)16-20-9-4-6-12-22(20)25;1-3-2;;;/h2*3-16H,2H2,1H3;1-3H2;2*1H;/q2*-1;-2;;;/p-2. The molecule has 0 aliphatic rings. The summed E-state index contributed by atoms with van der Waals surface area (Å²) in [6.07, 6.45) is 2.90. The van der Waals surface area contributed by atoms with Crippen LogP contribution >= 0.6 is 0 Å². The third-order valence-electron chi connectivity index (χ3n) is 10.5. The minimum Gasteiger partial charge on any atom is -1.00 e. The van der Waals surface area contributed by atoms with Gasteiger partial charge >= 0.3 is 0 Å². The van der Waals surface area contributed by atoms with E-state index in [0.29, 0.717) is 0 Å². The molecule has 56 heavy (non-hydrogen) atoms. The topological polar surface area (TPSA) is 0 Å². The Morgan fingerprint density at radius 2 is 0.696 bits per heavy atom. The summed E-state index contributed by atoms with van der Waals surface area (Å²) < 4.78 is 0. The second-order valence-electron chi connectivity index (χ2n) is 13.8. The molecule has 0 nitrogen and oxygen atoms in total. The molecule has 0 aliphatic heterocycles. The largest absolute Gasteiger partial charge is 1.00 e. The summed E-state index contributed by atoms with van der Waals surface area (Å²) in [7, 11) is 0. The molecule has 0 saturated carbocycles. The van der Waals surface area contributed by atoms with Gasteiger partial charge in [-0.25, -0.2) is 0 Å². The molecule has 3 heteroatoms. The quantitative estimate of drug-likeness (QED) is 0.0939. The molecular weight excluding hydrogens is 886 g/mol. The minimum atomic E-state index is 0. The SMILES string of the molecule is CCc1cc2c(-c3c4ccccc4cc4ccccc34)cccc2[cH-]1.CCc1cc2c(-c3c4ccccc4cc4ccccc34)cccc2[cH-]1.[CH2-]C[CH2-].[Cl-].[Cl-].[Hf]. The Balaban J connectivity index is 0.000000191. The normalized spacial score (nSPS) is 10.6. The first-order valence-corrected chi connectivity index (χ1v) is 18.9. The fraction of sp³-hybridized carbons (Fsp3) is 0.0943. The van der Waals surface area contributed by atoms with Gasteiger partial charge in [0.2, 0.25) is 0 Å². The molecule has 0 heterocycles.